The number of carbonyl (C=O) groups excluding carboxylic acids is 3. The molecule has 0 fully saturated rings. The van der Waals surface area contributed by atoms with E-state index in [9.17, 15) is 14.4 Å². The van der Waals surface area contributed by atoms with E-state index in [4.69, 9.17) is 4.74 Å². The SMILES string of the molecule is COC(=O)[C@@]1(C)N[C@@H](C(C)C)C2=C1C(=O)c1ccccc1C2=O. The molecule has 23 heavy (non-hydrogen) atoms. The smallest absolute Gasteiger partial charge is 0.330 e. The number of benzene rings is 1. The number of methoxy groups -OCH3 is 1. The van der Waals surface area contributed by atoms with Gasteiger partial charge in [0.25, 0.3) is 0 Å². The predicted molar refractivity (Wildman–Crippen MR) is 84.3 cm³/mol. The Hall–Kier alpha value is -2.27. The van der Waals surface area contributed by atoms with Crippen LogP contribution in [-0.4, -0.2) is 36.2 Å². The lowest BCUT2D eigenvalue weighted by atomic mass is 9.76. The van der Waals surface area contributed by atoms with Crippen LogP contribution in [0.5, 0.6) is 0 Å². The third kappa shape index (κ3) is 2.00. The lowest BCUT2D eigenvalue weighted by Gasteiger charge is -2.27. The van der Waals surface area contributed by atoms with Crippen molar-refractivity contribution in [1.29, 1.82) is 0 Å². The van der Waals surface area contributed by atoms with Crippen molar-refractivity contribution >= 4 is 17.5 Å². The molecule has 5 heteroatoms. The summed E-state index contributed by atoms with van der Waals surface area (Å²) in [5.41, 5.74) is 0.0676. The number of esters is 1. The summed E-state index contributed by atoms with van der Waals surface area (Å²) in [6.45, 7) is 5.50. The zero-order valence-corrected chi connectivity index (χ0v) is 13.6. The Kier molecular flexibility index (Phi) is 3.48. The second-order valence-corrected chi connectivity index (χ2v) is 6.48. The highest BCUT2D eigenvalue weighted by molar-refractivity contribution is 6.30. The van der Waals surface area contributed by atoms with E-state index in [0.29, 0.717) is 16.7 Å². The molecule has 0 saturated heterocycles. The molecule has 0 amide bonds. The highest BCUT2D eigenvalue weighted by atomic mass is 16.5. The van der Waals surface area contributed by atoms with Crippen molar-refractivity contribution in [3.05, 3.63) is 46.5 Å². The van der Waals surface area contributed by atoms with Crippen LogP contribution in [-0.2, 0) is 9.53 Å². The molecular weight excluding hydrogens is 294 g/mol. The van der Waals surface area contributed by atoms with Crippen LogP contribution in [0.15, 0.2) is 35.4 Å². The summed E-state index contributed by atoms with van der Waals surface area (Å²) in [5, 5.41) is 3.16. The molecule has 0 aromatic heterocycles. The van der Waals surface area contributed by atoms with Gasteiger partial charge in [-0.15, -0.1) is 0 Å². The van der Waals surface area contributed by atoms with Crippen LogP contribution in [0.25, 0.3) is 0 Å². The molecule has 1 aromatic rings. The summed E-state index contributed by atoms with van der Waals surface area (Å²) < 4.78 is 4.89. The number of fused-ring (bicyclic) bond motifs is 1. The molecule has 2 atom stereocenters. The van der Waals surface area contributed by atoms with Crippen LogP contribution >= 0.6 is 0 Å². The molecule has 0 saturated carbocycles. The van der Waals surface area contributed by atoms with Crippen LogP contribution < -0.4 is 5.32 Å². The normalized spacial score (nSPS) is 26.4. The standard InChI is InChI=1S/C18H19NO4/c1-9(2)14-12-13(18(3,19-14)17(22)23-4)16(21)11-8-6-5-7-10(11)15(12)20/h5-9,14,19H,1-4H3/t14-,18-/m0/s1. The van der Waals surface area contributed by atoms with Crippen LogP contribution in [0, 0.1) is 5.92 Å². The van der Waals surface area contributed by atoms with Crippen molar-refractivity contribution in [3.8, 4) is 0 Å². The average molecular weight is 313 g/mol. The molecule has 0 unspecified atom stereocenters. The summed E-state index contributed by atoms with van der Waals surface area (Å²) in [6, 6.07) is 6.37. The van der Waals surface area contributed by atoms with E-state index in [2.05, 4.69) is 5.32 Å². The largest absolute Gasteiger partial charge is 0.467 e. The van der Waals surface area contributed by atoms with E-state index in [-0.39, 0.29) is 29.1 Å². The topological polar surface area (TPSA) is 72.5 Å². The first kappa shape index (κ1) is 15.6. The van der Waals surface area contributed by atoms with Gasteiger partial charge in [-0.05, 0) is 12.8 Å². The Balaban J connectivity index is 2.27. The number of hydrogen-bond donors (Lipinski definition) is 1. The second-order valence-electron chi connectivity index (χ2n) is 6.48. The molecule has 1 N–H and O–H groups in total. The summed E-state index contributed by atoms with van der Waals surface area (Å²) in [6.07, 6.45) is 0. The molecule has 2 aliphatic rings. The molecule has 1 aliphatic heterocycles. The van der Waals surface area contributed by atoms with Crippen molar-refractivity contribution in [2.75, 3.05) is 7.11 Å². The van der Waals surface area contributed by atoms with Gasteiger partial charge in [0.1, 0.15) is 5.54 Å². The lowest BCUT2D eigenvalue weighted by Crippen LogP contribution is -2.52. The first-order chi connectivity index (χ1) is 10.8. The number of rotatable bonds is 2. The second kappa shape index (κ2) is 5.13. The molecular formula is C18H19NO4. The van der Waals surface area contributed by atoms with Gasteiger partial charge in [-0.2, -0.15) is 0 Å². The Bertz CT molecular complexity index is 762. The zero-order valence-electron chi connectivity index (χ0n) is 13.6. The van der Waals surface area contributed by atoms with Gasteiger partial charge in [-0.25, -0.2) is 4.79 Å². The van der Waals surface area contributed by atoms with Crippen molar-refractivity contribution in [2.24, 2.45) is 5.92 Å². The minimum absolute atomic E-state index is 0.0495. The number of hydrogen-bond acceptors (Lipinski definition) is 5. The quantitative estimate of drug-likeness (QED) is 0.845. The van der Waals surface area contributed by atoms with Gasteiger partial charge in [0.2, 0.25) is 0 Å². The van der Waals surface area contributed by atoms with E-state index >= 15 is 0 Å². The van der Waals surface area contributed by atoms with E-state index in [1.165, 1.54) is 7.11 Å². The van der Waals surface area contributed by atoms with Gasteiger partial charge in [0.15, 0.2) is 11.6 Å². The number of Topliss-reactive ketones (excluding diaryl/α,β-unsaturated/α-hetero) is 2. The Morgan fingerprint density at radius 1 is 1.17 bits per heavy atom. The molecule has 3 rings (SSSR count). The van der Waals surface area contributed by atoms with Crippen molar-refractivity contribution in [2.45, 2.75) is 32.4 Å². The predicted octanol–water partition coefficient (Wildman–Crippen LogP) is 1.92. The summed E-state index contributed by atoms with van der Waals surface area (Å²) in [7, 11) is 1.28. The van der Waals surface area contributed by atoms with Gasteiger partial charge < -0.3 is 4.74 Å². The Labute approximate surface area is 134 Å². The maximum Gasteiger partial charge on any atom is 0.330 e. The molecule has 1 heterocycles. The van der Waals surface area contributed by atoms with Crippen molar-refractivity contribution in [1.82, 2.24) is 5.32 Å². The third-order valence-corrected chi connectivity index (χ3v) is 4.67. The van der Waals surface area contributed by atoms with Crippen molar-refractivity contribution < 1.29 is 19.1 Å². The minimum atomic E-state index is -1.31. The summed E-state index contributed by atoms with van der Waals surface area (Å²) >= 11 is 0. The highest BCUT2D eigenvalue weighted by Crippen LogP contribution is 2.41. The molecule has 0 bridgehead atoms. The monoisotopic (exact) mass is 313 g/mol. The Morgan fingerprint density at radius 3 is 2.26 bits per heavy atom. The number of nitrogens with one attached hydrogen (secondary N) is 1. The molecule has 0 radical (unpaired) electrons. The number of ketones is 2. The molecule has 0 spiro atoms. The van der Waals surface area contributed by atoms with E-state index in [1.54, 1.807) is 31.2 Å². The van der Waals surface area contributed by atoms with Crippen LogP contribution in [0.1, 0.15) is 41.5 Å². The summed E-state index contributed by atoms with van der Waals surface area (Å²) in [5.74, 6) is -0.977. The van der Waals surface area contributed by atoms with Gasteiger partial charge in [-0.1, -0.05) is 38.1 Å². The average Bonchev–Trinajstić information content (AvgIpc) is 2.87. The zero-order chi connectivity index (χ0) is 16.9. The van der Waals surface area contributed by atoms with Gasteiger partial charge in [-0.3, -0.25) is 14.9 Å². The first-order valence-corrected chi connectivity index (χ1v) is 7.62. The van der Waals surface area contributed by atoms with Crippen LogP contribution in [0.3, 0.4) is 0 Å². The highest BCUT2D eigenvalue weighted by Gasteiger charge is 2.55. The van der Waals surface area contributed by atoms with Gasteiger partial charge in [0.05, 0.1) is 7.11 Å². The van der Waals surface area contributed by atoms with E-state index < -0.39 is 11.5 Å². The number of ether oxygens (including phenoxy) is 1. The first-order valence-electron chi connectivity index (χ1n) is 7.62. The number of carbonyl (C=O) groups is 3. The fraction of sp³-hybridized carbons (Fsp3) is 0.389. The molecule has 120 valence electrons. The molecule has 5 nitrogen and oxygen atoms in total. The minimum Gasteiger partial charge on any atom is -0.467 e. The fourth-order valence-electron chi connectivity index (χ4n) is 3.51. The maximum absolute atomic E-state index is 13.0. The van der Waals surface area contributed by atoms with Crippen LogP contribution in [0.4, 0.5) is 0 Å². The molecule has 1 aliphatic carbocycles. The van der Waals surface area contributed by atoms with E-state index in [1.807, 2.05) is 13.8 Å². The Morgan fingerprint density at radius 2 is 1.74 bits per heavy atom. The van der Waals surface area contributed by atoms with Crippen LogP contribution in [0.2, 0.25) is 0 Å². The van der Waals surface area contributed by atoms with Crippen molar-refractivity contribution in [3.63, 3.8) is 0 Å². The molecule has 1 aromatic carbocycles. The van der Waals surface area contributed by atoms with Gasteiger partial charge >= 0.3 is 5.97 Å². The summed E-state index contributed by atoms with van der Waals surface area (Å²) in [4.78, 5) is 38.3. The maximum atomic E-state index is 13.0. The van der Waals surface area contributed by atoms with E-state index in [0.717, 1.165) is 0 Å². The van der Waals surface area contributed by atoms with Gasteiger partial charge in [0, 0.05) is 28.3 Å². The third-order valence-electron chi connectivity index (χ3n) is 4.67. The lowest BCUT2D eigenvalue weighted by molar-refractivity contribution is -0.146. The fourth-order valence-corrected chi connectivity index (χ4v) is 3.51.